The highest BCUT2D eigenvalue weighted by Crippen LogP contribution is 2.18. The zero-order chi connectivity index (χ0) is 24.7. The molecule has 3 aromatic rings. The topological polar surface area (TPSA) is 88.7 Å². The fourth-order valence-electron chi connectivity index (χ4n) is 3.35. The number of para-hydroxylation sites is 1. The molecule has 0 unspecified atom stereocenters. The van der Waals surface area contributed by atoms with Gasteiger partial charge in [0.2, 0.25) is 11.8 Å². The van der Waals surface area contributed by atoms with Gasteiger partial charge in [-0.2, -0.15) is 0 Å². The maximum absolute atomic E-state index is 12.4. The van der Waals surface area contributed by atoms with Crippen molar-refractivity contribution in [3.05, 3.63) is 78.9 Å². The van der Waals surface area contributed by atoms with Crippen LogP contribution in [0.25, 0.3) is 0 Å². The van der Waals surface area contributed by atoms with Crippen LogP contribution in [0.15, 0.2) is 78.9 Å². The number of carbonyl (C=O) groups excluding carboxylic acids is 2. The van der Waals surface area contributed by atoms with Gasteiger partial charge < -0.3 is 25.4 Å². The van der Waals surface area contributed by atoms with Gasteiger partial charge >= 0.3 is 0 Å². The lowest BCUT2D eigenvalue weighted by atomic mass is 10.2. The lowest BCUT2D eigenvalue weighted by Crippen LogP contribution is -2.21. The van der Waals surface area contributed by atoms with Crippen LogP contribution in [0.5, 0.6) is 11.5 Å². The first-order valence-electron chi connectivity index (χ1n) is 12.0. The van der Waals surface area contributed by atoms with E-state index in [1.54, 1.807) is 12.1 Å². The van der Waals surface area contributed by atoms with E-state index in [0.29, 0.717) is 36.8 Å². The number of unbranched alkanes of at least 4 members (excludes halogenated alkanes) is 2. The number of hydrogen-bond acceptors (Lipinski definition) is 5. The van der Waals surface area contributed by atoms with E-state index in [1.165, 1.54) is 0 Å². The normalized spacial score (nSPS) is 10.3. The number of carbonyl (C=O) groups is 2. The number of hydrogen-bond donors (Lipinski definition) is 3. The molecule has 0 atom stereocenters. The SMILES string of the molecule is CCCCCC(=O)Nc1cccc(NCC(=O)Nc2cccc(OCCOc3ccccc3)c2)c1. The van der Waals surface area contributed by atoms with E-state index in [0.717, 1.165) is 30.7 Å². The van der Waals surface area contributed by atoms with E-state index in [2.05, 4.69) is 22.9 Å². The molecule has 0 fully saturated rings. The van der Waals surface area contributed by atoms with Crippen molar-refractivity contribution < 1.29 is 19.1 Å². The Kier molecular flexibility index (Phi) is 10.5. The third-order valence-corrected chi connectivity index (χ3v) is 5.09. The van der Waals surface area contributed by atoms with Gasteiger partial charge in [0.25, 0.3) is 0 Å². The van der Waals surface area contributed by atoms with Gasteiger partial charge in [-0.3, -0.25) is 9.59 Å². The van der Waals surface area contributed by atoms with E-state index in [4.69, 9.17) is 9.47 Å². The molecule has 7 heteroatoms. The molecule has 0 aliphatic rings. The fraction of sp³-hybridized carbons (Fsp3) is 0.286. The summed E-state index contributed by atoms with van der Waals surface area (Å²) in [5, 5.41) is 8.86. The summed E-state index contributed by atoms with van der Waals surface area (Å²) in [4.78, 5) is 24.5. The second-order valence-electron chi connectivity index (χ2n) is 8.03. The molecule has 0 bridgehead atoms. The van der Waals surface area contributed by atoms with Crippen molar-refractivity contribution in [3.8, 4) is 11.5 Å². The third kappa shape index (κ3) is 9.80. The molecule has 3 aromatic carbocycles. The number of anilines is 3. The van der Waals surface area contributed by atoms with Gasteiger partial charge in [-0.05, 0) is 48.9 Å². The highest BCUT2D eigenvalue weighted by Gasteiger charge is 2.06. The Balaban J connectivity index is 1.40. The van der Waals surface area contributed by atoms with Crippen molar-refractivity contribution in [3.63, 3.8) is 0 Å². The third-order valence-electron chi connectivity index (χ3n) is 5.09. The monoisotopic (exact) mass is 475 g/mol. The molecule has 7 nitrogen and oxygen atoms in total. The average Bonchev–Trinajstić information content (AvgIpc) is 2.87. The minimum atomic E-state index is -0.191. The first-order valence-corrected chi connectivity index (χ1v) is 12.0. The van der Waals surface area contributed by atoms with Crippen LogP contribution in [0.2, 0.25) is 0 Å². The maximum atomic E-state index is 12.4. The highest BCUT2D eigenvalue weighted by atomic mass is 16.5. The van der Waals surface area contributed by atoms with E-state index in [9.17, 15) is 9.59 Å². The van der Waals surface area contributed by atoms with Crippen LogP contribution in [0.3, 0.4) is 0 Å². The van der Waals surface area contributed by atoms with Gasteiger partial charge in [0.1, 0.15) is 24.7 Å². The Hall–Kier alpha value is -4.00. The lowest BCUT2D eigenvalue weighted by molar-refractivity contribution is -0.116. The first kappa shape index (κ1) is 25.6. The maximum Gasteiger partial charge on any atom is 0.243 e. The van der Waals surface area contributed by atoms with E-state index in [-0.39, 0.29) is 18.4 Å². The number of ether oxygens (including phenoxy) is 2. The summed E-state index contributed by atoms with van der Waals surface area (Å²) in [5.41, 5.74) is 2.10. The minimum absolute atomic E-state index is 0.00192. The molecule has 0 aliphatic heterocycles. The predicted molar refractivity (Wildman–Crippen MR) is 140 cm³/mol. The molecule has 0 heterocycles. The quantitative estimate of drug-likeness (QED) is 0.260. The molecule has 2 amide bonds. The summed E-state index contributed by atoms with van der Waals surface area (Å²) >= 11 is 0. The summed E-state index contributed by atoms with van der Waals surface area (Å²) in [6, 6.07) is 24.1. The summed E-state index contributed by atoms with van der Waals surface area (Å²) in [6.45, 7) is 3.00. The Morgan fingerprint density at radius 1 is 0.686 bits per heavy atom. The molecule has 3 N–H and O–H groups in total. The average molecular weight is 476 g/mol. The van der Waals surface area contributed by atoms with Crippen LogP contribution in [0, 0.1) is 0 Å². The predicted octanol–water partition coefficient (Wildman–Crippen LogP) is 5.71. The van der Waals surface area contributed by atoms with Crippen LogP contribution < -0.4 is 25.4 Å². The summed E-state index contributed by atoms with van der Waals surface area (Å²) in [6.07, 6.45) is 3.52. The van der Waals surface area contributed by atoms with E-state index >= 15 is 0 Å². The van der Waals surface area contributed by atoms with Gasteiger partial charge in [-0.1, -0.05) is 50.1 Å². The van der Waals surface area contributed by atoms with Gasteiger partial charge in [-0.25, -0.2) is 0 Å². The van der Waals surface area contributed by atoms with Crippen molar-refractivity contribution >= 4 is 28.9 Å². The lowest BCUT2D eigenvalue weighted by Gasteiger charge is -2.12. The second kappa shape index (κ2) is 14.3. The van der Waals surface area contributed by atoms with Crippen LogP contribution in [0.4, 0.5) is 17.1 Å². The molecule has 0 aliphatic carbocycles. The number of amides is 2. The van der Waals surface area contributed by atoms with Crippen molar-refractivity contribution in [1.82, 2.24) is 0 Å². The Morgan fingerprint density at radius 3 is 2.09 bits per heavy atom. The van der Waals surface area contributed by atoms with Gasteiger partial charge in [0.15, 0.2) is 0 Å². The van der Waals surface area contributed by atoms with Crippen LogP contribution in [0.1, 0.15) is 32.6 Å². The molecule has 3 rings (SSSR count). The molecule has 0 saturated heterocycles. The first-order chi connectivity index (χ1) is 17.1. The number of benzene rings is 3. The summed E-state index contributed by atoms with van der Waals surface area (Å²) in [7, 11) is 0. The standard InChI is InChI=1S/C28H33N3O4/c1-2-3-5-16-27(32)30-23-11-8-10-22(19-23)29-21-28(33)31-24-12-9-15-26(20-24)35-18-17-34-25-13-6-4-7-14-25/h4,6-15,19-20,29H,2-3,5,16-18,21H2,1H3,(H,30,32)(H,31,33). The smallest absolute Gasteiger partial charge is 0.243 e. The zero-order valence-corrected chi connectivity index (χ0v) is 20.1. The van der Waals surface area contributed by atoms with Crippen molar-refractivity contribution in [1.29, 1.82) is 0 Å². The summed E-state index contributed by atoms with van der Waals surface area (Å²) in [5.74, 6) is 1.25. The molecular weight excluding hydrogens is 442 g/mol. The van der Waals surface area contributed by atoms with Crippen LogP contribution in [-0.2, 0) is 9.59 Å². The number of rotatable bonds is 14. The molecule has 184 valence electrons. The Bertz CT molecular complexity index is 1070. The van der Waals surface area contributed by atoms with Gasteiger partial charge in [-0.15, -0.1) is 0 Å². The second-order valence-corrected chi connectivity index (χ2v) is 8.03. The van der Waals surface area contributed by atoms with Gasteiger partial charge in [0, 0.05) is 29.5 Å². The van der Waals surface area contributed by atoms with Crippen LogP contribution in [-0.4, -0.2) is 31.6 Å². The molecular formula is C28H33N3O4. The zero-order valence-electron chi connectivity index (χ0n) is 20.1. The highest BCUT2D eigenvalue weighted by molar-refractivity contribution is 5.94. The molecule has 0 saturated carbocycles. The largest absolute Gasteiger partial charge is 0.490 e. The Morgan fingerprint density at radius 2 is 1.31 bits per heavy atom. The van der Waals surface area contributed by atoms with E-state index in [1.807, 2.05) is 66.7 Å². The molecule has 35 heavy (non-hydrogen) atoms. The van der Waals surface area contributed by atoms with Crippen molar-refractivity contribution in [2.24, 2.45) is 0 Å². The summed E-state index contributed by atoms with van der Waals surface area (Å²) < 4.78 is 11.4. The van der Waals surface area contributed by atoms with Crippen LogP contribution >= 0.6 is 0 Å². The van der Waals surface area contributed by atoms with Gasteiger partial charge in [0.05, 0.1) is 6.54 Å². The Labute approximate surface area is 206 Å². The van der Waals surface area contributed by atoms with E-state index < -0.39 is 0 Å². The van der Waals surface area contributed by atoms with Crippen molar-refractivity contribution in [2.45, 2.75) is 32.6 Å². The molecule has 0 radical (unpaired) electrons. The minimum Gasteiger partial charge on any atom is -0.490 e. The molecule has 0 spiro atoms. The fourth-order valence-corrected chi connectivity index (χ4v) is 3.35. The number of nitrogens with one attached hydrogen (secondary N) is 3. The van der Waals surface area contributed by atoms with Crippen molar-refractivity contribution in [2.75, 3.05) is 35.7 Å². The molecule has 0 aromatic heterocycles.